The molecule has 6 nitrogen and oxygen atoms in total. The third-order valence-corrected chi connectivity index (χ3v) is 3.84. The first-order valence-corrected chi connectivity index (χ1v) is 7.20. The van der Waals surface area contributed by atoms with Gasteiger partial charge in [-0.15, -0.1) is 11.3 Å². The zero-order chi connectivity index (χ0) is 13.8. The number of morpholine rings is 1. The molecule has 0 spiro atoms. The van der Waals surface area contributed by atoms with Crippen molar-refractivity contribution in [3.63, 3.8) is 0 Å². The molecule has 1 aliphatic rings. The Hall–Kier alpha value is -1.99. The number of ether oxygens (including phenoxy) is 1. The van der Waals surface area contributed by atoms with Gasteiger partial charge in [-0.05, 0) is 11.4 Å². The fourth-order valence-corrected chi connectivity index (χ4v) is 2.59. The Morgan fingerprint density at radius 2 is 2.20 bits per heavy atom. The topological polar surface area (TPSA) is 67.4 Å². The van der Waals surface area contributed by atoms with Crippen LogP contribution < -0.4 is 10.2 Å². The summed E-state index contributed by atoms with van der Waals surface area (Å²) >= 11 is 1.40. The van der Waals surface area contributed by atoms with Crippen molar-refractivity contribution >= 4 is 28.9 Å². The first-order valence-electron chi connectivity index (χ1n) is 6.32. The smallest absolute Gasteiger partial charge is 0.266 e. The second-order valence-electron chi connectivity index (χ2n) is 4.29. The Morgan fingerprint density at radius 3 is 2.95 bits per heavy atom. The zero-order valence-electron chi connectivity index (χ0n) is 10.8. The van der Waals surface area contributed by atoms with Crippen LogP contribution in [0.25, 0.3) is 0 Å². The molecule has 3 heterocycles. The van der Waals surface area contributed by atoms with Gasteiger partial charge in [0.1, 0.15) is 18.0 Å². The van der Waals surface area contributed by atoms with Crippen LogP contribution >= 0.6 is 11.3 Å². The monoisotopic (exact) mass is 290 g/mol. The van der Waals surface area contributed by atoms with Crippen molar-refractivity contribution in [2.45, 2.75) is 0 Å². The highest BCUT2D eigenvalue weighted by Crippen LogP contribution is 2.17. The van der Waals surface area contributed by atoms with E-state index in [4.69, 9.17) is 4.74 Å². The Balaban J connectivity index is 1.72. The van der Waals surface area contributed by atoms with Crippen molar-refractivity contribution in [3.05, 3.63) is 34.8 Å². The largest absolute Gasteiger partial charge is 0.378 e. The molecule has 0 aliphatic carbocycles. The highest BCUT2D eigenvalue weighted by Gasteiger charge is 2.14. The van der Waals surface area contributed by atoms with Crippen LogP contribution in [-0.4, -0.2) is 42.2 Å². The summed E-state index contributed by atoms with van der Waals surface area (Å²) in [7, 11) is 0. The van der Waals surface area contributed by atoms with E-state index in [1.165, 1.54) is 17.7 Å². The van der Waals surface area contributed by atoms with E-state index in [2.05, 4.69) is 20.2 Å². The third kappa shape index (κ3) is 2.94. The molecule has 0 aromatic carbocycles. The van der Waals surface area contributed by atoms with Crippen molar-refractivity contribution < 1.29 is 9.53 Å². The standard InChI is InChI=1S/C13H14N4O2S/c18-13(10-2-1-7-20-10)16-11-8-12(15-9-14-11)17-3-5-19-6-4-17/h1-2,7-9H,3-6H2,(H,14,15,16,18). The molecule has 0 atom stereocenters. The van der Waals surface area contributed by atoms with Gasteiger partial charge in [0.05, 0.1) is 18.1 Å². The van der Waals surface area contributed by atoms with E-state index in [0.717, 1.165) is 18.9 Å². The number of carbonyl (C=O) groups excluding carboxylic acids is 1. The van der Waals surface area contributed by atoms with Crippen molar-refractivity contribution in [3.8, 4) is 0 Å². The first kappa shape index (κ1) is 13.0. The van der Waals surface area contributed by atoms with Crippen molar-refractivity contribution in [2.24, 2.45) is 0 Å². The van der Waals surface area contributed by atoms with E-state index in [0.29, 0.717) is 23.9 Å². The number of rotatable bonds is 3. The fraction of sp³-hybridized carbons (Fsp3) is 0.308. The number of carbonyl (C=O) groups is 1. The normalized spacial score (nSPS) is 15.1. The quantitative estimate of drug-likeness (QED) is 0.930. The van der Waals surface area contributed by atoms with Gasteiger partial charge in [-0.2, -0.15) is 0 Å². The molecule has 2 aromatic heterocycles. The molecule has 20 heavy (non-hydrogen) atoms. The second-order valence-corrected chi connectivity index (χ2v) is 5.24. The molecule has 3 rings (SSSR count). The predicted octanol–water partition coefficient (Wildman–Crippen LogP) is 1.63. The number of hydrogen-bond donors (Lipinski definition) is 1. The van der Waals surface area contributed by atoms with Crippen LogP contribution in [0.4, 0.5) is 11.6 Å². The summed E-state index contributed by atoms with van der Waals surface area (Å²) in [4.78, 5) is 23.1. The van der Waals surface area contributed by atoms with E-state index < -0.39 is 0 Å². The third-order valence-electron chi connectivity index (χ3n) is 2.97. The molecule has 7 heteroatoms. The highest BCUT2D eigenvalue weighted by molar-refractivity contribution is 7.12. The van der Waals surface area contributed by atoms with Gasteiger partial charge >= 0.3 is 0 Å². The highest BCUT2D eigenvalue weighted by atomic mass is 32.1. The Morgan fingerprint density at radius 1 is 1.35 bits per heavy atom. The van der Waals surface area contributed by atoms with Crippen LogP contribution in [0.2, 0.25) is 0 Å². The molecule has 2 aromatic rings. The van der Waals surface area contributed by atoms with E-state index in [-0.39, 0.29) is 5.91 Å². The lowest BCUT2D eigenvalue weighted by Gasteiger charge is -2.27. The summed E-state index contributed by atoms with van der Waals surface area (Å²) < 4.78 is 5.31. The summed E-state index contributed by atoms with van der Waals surface area (Å²) in [6.45, 7) is 2.99. The van der Waals surface area contributed by atoms with Gasteiger partial charge < -0.3 is 15.0 Å². The molecular weight excluding hydrogens is 276 g/mol. The average molecular weight is 290 g/mol. The molecule has 1 amide bonds. The second kappa shape index (κ2) is 5.98. The van der Waals surface area contributed by atoms with Gasteiger partial charge in [0.2, 0.25) is 0 Å². The minimum atomic E-state index is -0.147. The Kier molecular flexibility index (Phi) is 3.89. The molecular formula is C13H14N4O2S. The summed E-state index contributed by atoms with van der Waals surface area (Å²) in [6, 6.07) is 5.42. The number of nitrogens with zero attached hydrogens (tertiary/aromatic N) is 3. The van der Waals surface area contributed by atoms with Crippen LogP contribution in [-0.2, 0) is 4.74 Å². The molecule has 1 aliphatic heterocycles. The van der Waals surface area contributed by atoms with Crippen LogP contribution in [0.15, 0.2) is 29.9 Å². The molecule has 1 saturated heterocycles. The van der Waals surface area contributed by atoms with Gasteiger partial charge in [0, 0.05) is 19.2 Å². The lowest BCUT2D eigenvalue weighted by Crippen LogP contribution is -2.36. The van der Waals surface area contributed by atoms with Crippen LogP contribution in [0, 0.1) is 0 Å². The Bertz CT molecular complexity index is 582. The van der Waals surface area contributed by atoms with Gasteiger partial charge in [-0.25, -0.2) is 9.97 Å². The molecule has 104 valence electrons. The molecule has 0 unspecified atom stereocenters. The number of aromatic nitrogens is 2. The molecule has 1 N–H and O–H groups in total. The fourth-order valence-electron chi connectivity index (χ4n) is 1.97. The number of thiophene rings is 1. The molecule has 0 saturated carbocycles. The Labute approximate surface area is 120 Å². The van der Waals surface area contributed by atoms with Gasteiger partial charge in [0.25, 0.3) is 5.91 Å². The average Bonchev–Trinajstić information content (AvgIpc) is 3.03. The maximum absolute atomic E-state index is 12.0. The SMILES string of the molecule is O=C(Nc1cc(N2CCOCC2)ncn1)c1cccs1. The van der Waals surface area contributed by atoms with Gasteiger partial charge in [-0.1, -0.05) is 6.07 Å². The maximum Gasteiger partial charge on any atom is 0.266 e. The van der Waals surface area contributed by atoms with E-state index >= 15 is 0 Å². The van der Waals surface area contributed by atoms with E-state index in [1.54, 1.807) is 12.1 Å². The summed E-state index contributed by atoms with van der Waals surface area (Å²) in [5, 5.41) is 4.66. The van der Waals surface area contributed by atoms with Crippen molar-refractivity contribution in [1.82, 2.24) is 9.97 Å². The predicted molar refractivity (Wildman–Crippen MR) is 77.3 cm³/mol. The molecule has 0 bridgehead atoms. The number of hydrogen-bond acceptors (Lipinski definition) is 6. The van der Waals surface area contributed by atoms with E-state index in [9.17, 15) is 4.79 Å². The lowest BCUT2D eigenvalue weighted by molar-refractivity contribution is 0.103. The summed E-state index contributed by atoms with van der Waals surface area (Å²) in [5.74, 6) is 1.18. The maximum atomic E-state index is 12.0. The van der Waals surface area contributed by atoms with Gasteiger partial charge in [-0.3, -0.25) is 4.79 Å². The zero-order valence-corrected chi connectivity index (χ0v) is 11.6. The lowest BCUT2D eigenvalue weighted by atomic mass is 10.4. The number of anilines is 2. The minimum Gasteiger partial charge on any atom is -0.378 e. The first-order chi connectivity index (χ1) is 9.83. The summed E-state index contributed by atoms with van der Waals surface area (Å²) in [6.07, 6.45) is 1.47. The van der Waals surface area contributed by atoms with Gasteiger partial charge in [0.15, 0.2) is 0 Å². The number of nitrogens with one attached hydrogen (secondary N) is 1. The minimum absolute atomic E-state index is 0.147. The van der Waals surface area contributed by atoms with Crippen molar-refractivity contribution in [2.75, 3.05) is 36.5 Å². The van der Waals surface area contributed by atoms with Crippen LogP contribution in [0.5, 0.6) is 0 Å². The van der Waals surface area contributed by atoms with Crippen LogP contribution in [0.3, 0.4) is 0 Å². The number of amides is 1. The summed E-state index contributed by atoms with van der Waals surface area (Å²) in [5.41, 5.74) is 0. The van der Waals surface area contributed by atoms with Crippen LogP contribution in [0.1, 0.15) is 9.67 Å². The molecule has 0 radical (unpaired) electrons. The molecule has 1 fully saturated rings. The van der Waals surface area contributed by atoms with E-state index in [1.807, 2.05) is 11.4 Å². The van der Waals surface area contributed by atoms with Crippen molar-refractivity contribution in [1.29, 1.82) is 0 Å².